The summed E-state index contributed by atoms with van der Waals surface area (Å²) >= 11 is 0. The Balaban J connectivity index is 2.09. The van der Waals surface area contributed by atoms with Crippen LogP contribution < -0.4 is 5.32 Å². The van der Waals surface area contributed by atoms with E-state index in [9.17, 15) is 19.7 Å². The maximum Gasteiger partial charge on any atom is 0.339 e. The van der Waals surface area contributed by atoms with E-state index in [4.69, 9.17) is 4.74 Å². The van der Waals surface area contributed by atoms with Crippen molar-refractivity contribution in [2.75, 3.05) is 25.5 Å². The summed E-state index contributed by atoms with van der Waals surface area (Å²) < 4.78 is 5.15. The van der Waals surface area contributed by atoms with Crippen LogP contribution in [-0.2, 0) is 9.53 Å². The molecule has 1 heterocycles. The van der Waals surface area contributed by atoms with E-state index in [1.165, 1.54) is 19.1 Å². The second-order valence-corrected chi connectivity index (χ2v) is 5.32. The van der Waals surface area contributed by atoms with Crippen LogP contribution in [0.1, 0.15) is 30.1 Å². The molecule has 1 atom stereocenters. The monoisotopic (exact) mass is 321 g/mol. The number of hydrogen-bond donors (Lipinski definition) is 1. The Kier molecular flexibility index (Phi) is 5.15. The van der Waals surface area contributed by atoms with Crippen molar-refractivity contribution < 1.29 is 19.2 Å². The SMILES string of the molecule is CNc1ccc(C(=O)O[C@H](C)C(=O)N2CCCC2)cc1[N+](=O)[O-]. The molecular formula is C15H19N3O5. The lowest BCUT2D eigenvalue weighted by atomic mass is 10.1. The highest BCUT2D eigenvalue weighted by molar-refractivity contribution is 5.93. The highest BCUT2D eigenvalue weighted by atomic mass is 16.6. The first kappa shape index (κ1) is 16.7. The van der Waals surface area contributed by atoms with Gasteiger partial charge < -0.3 is 15.0 Å². The second kappa shape index (κ2) is 7.08. The van der Waals surface area contributed by atoms with Gasteiger partial charge >= 0.3 is 5.97 Å². The molecule has 0 aromatic heterocycles. The summed E-state index contributed by atoms with van der Waals surface area (Å²) in [4.78, 5) is 36.3. The molecule has 1 aliphatic heterocycles. The Morgan fingerprint density at radius 1 is 1.35 bits per heavy atom. The van der Waals surface area contributed by atoms with Gasteiger partial charge in [0.25, 0.3) is 11.6 Å². The van der Waals surface area contributed by atoms with Gasteiger partial charge in [-0.05, 0) is 31.9 Å². The smallest absolute Gasteiger partial charge is 0.339 e. The Morgan fingerprint density at radius 3 is 2.57 bits per heavy atom. The van der Waals surface area contributed by atoms with Crippen molar-refractivity contribution in [3.8, 4) is 0 Å². The summed E-state index contributed by atoms with van der Waals surface area (Å²) in [7, 11) is 1.55. The second-order valence-electron chi connectivity index (χ2n) is 5.32. The predicted molar refractivity (Wildman–Crippen MR) is 83.3 cm³/mol. The lowest BCUT2D eigenvalue weighted by molar-refractivity contribution is -0.384. The van der Waals surface area contributed by atoms with E-state index < -0.39 is 17.0 Å². The molecule has 0 radical (unpaired) electrons. The van der Waals surface area contributed by atoms with E-state index in [0.29, 0.717) is 18.8 Å². The molecule has 0 aliphatic carbocycles. The van der Waals surface area contributed by atoms with Crippen LogP contribution in [0.2, 0.25) is 0 Å². The molecule has 8 nitrogen and oxygen atoms in total. The van der Waals surface area contributed by atoms with Gasteiger partial charge in [-0.3, -0.25) is 14.9 Å². The summed E-state index contributed by atoms with van der Waals surface area (Å²) in [6.45, 7) is 2.85. The lowest BCUT2D eigenvalue weighted by Gasteiger charge is -2.20. The number of ether oxygens (including phenoxy) is 1. The van der Waals surface area contributed by atoms with Crippen molar-refractivity contribution in [2.45, 2.75) is 25.9 Å². The molecule has 0 saturated carbocycles. The normalized spacial score (nSPS) is 15.1. The van der Waals surface area contributed by atoms with E-state index in [1.54, 1.807) is 11.9 Å². The minimum absolute atomic E-state index is 0.0387. The molecule has 1 saturated heterocycles. The Morgan fingerprint density at radius 2 is 2.00 bits per heavy atom. The zero-order chi connectivity index (χ0) is 17.0. The van der Waals surface area contributed by atoms with Gasteiger partial charge in [0, 0.05) is 26.2 Å². The molecule has 23 heavy (non-hydrogen) atoms. The summed E-state index contributed by atoms with van der Waals surface area (Å²) in [5.41, 5.74) is 0.116. The molecule has 1 aromatic carbocycles. The summed E-state index contributed by atoms with van der Waals surface area (Å²) in [6, 6.07) is 4.00. The van der Waals surface area contributed by atoms with Crippen molar-refractivity contribution in [1.29, 1.82) is 0 Å². The van der Waals surface area contributed by atoms with Crippen molar-refractivity contribution >= 4 is 23.3 Å². The van der Waals surface area contributed by atoms with Gasteiger partial charge in [-0.15, -0.1) is 0 Å². The Labute approximate surface area is 133 Å². The number of nitrogens with zero attached hydrogens (tertiary/aromatic N) is 2. The quantitative estimate of drug-likeness (QED) is 0.504. The molecular weight excluding hydrogens is 302 g/mol. The summed E-state index contributed by atoms with van der Waals surface area (Å²) in [6.07, 6.45) is 0.984. The first-order chi connectivity index (χ1) is 10.9. The number of hydrogen-bond acceptors (Lipinski definition) is 6. The number of likely N-dealkylation sites (tertiary alicyclic amines) is 1. The Hall–Kier alpha value is -2.64. The Bertz CT molecular complexity index is 626. The molecule has 2 rings (SSSR count). The molecule has 1 amide bonds. The van der Waals surface area contributed by atoms with Gasteiger partial charge in [-0.1, -0.05) is 0 Å². The maximum absolute atomic E-state index is 12.1. The topological polar surface area (TPSA) is 102 Å². The zero-order valence-electron chi connectivity index (χ0n) is 13.1. The number of benzene rings is 1. The maximum atomic E-state index is 12.1. The van der Waals surface area contributed by atoms with Crippen LogP contribution in [0.4, 0.5) is 11.4 Å². The van der Waals surface area contributed by atoms with Crippen LogP contribution in [0.25, 0.3) is 0 Å². The van der Waals surface area contributed by atoms with Gasteiger partial charge in [0.05, 0.1) is 10.5 Å². The van der Waals surface area contributed by atoms with E-state index in [2.05, 4.69) is 5.32 Å². The number of nitro groups is 1. The highest BCUT2D eigenvalue weighted by Crippen LogP contribution is 2.25. The van der Waals surface area contributed by atoms with Crippen molar-refractivity contribution in [3.63, 3.8) is 0 Å². The minimum atomic E-state index is -0.913. The predicted octanol–water partition coefficient (Wildman–Crippen LogP) is 1.80. The fourth-order valence-corrected chi connectivity index (χ4v) is 2.49. The number of amides is 1. The summed E-state index contributed by atoms with van der Waals surface area (Å²) in [5, 5.41) is 13.7. The van der Waals surface area contributed by atoms with Crippen LogP contribution >= 0.6 is 0 Å². The molecule has 1 fully saturated rings. The number of rotatable bonds is 5. The molecule has 1 N–H and O–H groups in total. The molecule has 124 valence electrons. The lowest BCUT2D eigenvalue weighted by Crippen LogP contribution is -2.38. The zero-order valence-corrected chi connectivity index (χ0v) is 13.1. The first-order valence-electron chi connectivity index (χ1n) is 7.40. The largest absolute Gasteiger partial charge is 0.449 e. The van der Waals surface area contributed by atoms with Gasteiger partial charge in [0.1, 0.15) is 5.69 Å². The van der Waals surface area contributed by atoms with E-state index >= 15 is 0 Å². The van der Waals surface area contributed by atoms with Crippen molar-refractivity contribution in [3.05, 3.63) is 33.9 Å². The molecule has 8 heteroatoms. The fourth-order valence-electron chi connectivity index (χ4n) is 2.49. The van der Waals surface area contributed by atoms with E-state index in [0.717, 1.165) is 18.9 Å². The third-order valence-corrected chi connectivity index (χ3v) is 3.75. The summed E-state index contributed by atoms with van der Waals surface area (Å²) in [5.74, 6) is -0.993. The van der Waals surface area contributed by atoms with Crippen LogP contribution in [0.15, 0.2) is 18.2 Å². The van der Waals surface area contributed by atoms with Crippen molar-refractivity contribution in [2.24, 2.45) is 0 Å². The number of nitrogens with one attached hydrogen (secondary N) is 1. The van der Waals surface area contributed by atoms with E-state index in [1.807, 2.05) is 0 Å². The van der Waals surface area contributed by atoms with Crippen LogP contribution in [-0.4, -0.2) is 47.9 Å². The molecule has 0 unspecified atom stereocenters. The number of carbonyl (C=O) groups is 2. The molecule has 0 bridgehead atoms. The standard InChI is InChI=1S/C15H19N3O5/c1-10(14(19)17-7-3-4-8-17)23-15(20)11-5-6-12(16-2)13(9-11)18(21)22/h5-6,9-10,16H,3-4,7-8H2,1-2H3/t10-/m1/s1. The van der Waals surface area contributed by atoms with E-state index in [-0.39, 0.29) is 17.2 Å². The van der Waals surface area contributed by atoms with Crippen molar-refractivity contribution in [1.82, 2.24) is 4.90 Å². The van der Waals surface area contributed by atoms with Gasteiger partial charge in [0.2, 0.25) is 0 Å². The van der Waals surface area contributed by atoms with Crippen LogP contribution in [0, 0.1) is 10.1 Å². The first-order valence-corrected chi connectivity index (χ1v) is 7.40. The third kappa shape index (κ3) is 3.77. The average Bonchev–Trinajstić information content (AvgIpc) is 3.07. The average molecular weight is 321 g/mol. The van der Waals surface area contributed by atoms with Gasteiger partial charge in [-0.2, -0.15) is 0 Å². The van der Waals surface area contributed by atoms with Crippen LogP contribution in [0.5, 0.6) is 0 Å². The van der Waals surface area contributed by atoms with Gasteiger partial charge in [-0.25, -0.2) is 4.79 Å². The number of nitro benzene ring substituents is 1. The molecule has 1 aliphatic rings. The number of esters is 1. The molecule has 0 spiro atoms. The highest BCUT2D eigenvalue weighted by Gasteiger charge is 2.27. The fraction of sp³-hybridized carbons (Fsp3) is 0.467. The number of anilines is 1. The molecule has 1 aromatic rings. The minimum Gasteiger partial charge on any atom is -0.449 e. The van der Waals surface area contributed by atoms with Gasteiger partial charge in [0.15, 0.2) is 6.10 Å². The van der Waals surface area contributed by atoms with Crippen LogP contribution in [0.3, 0.4) is 0 Å². The number of carbonyl (C=O) groups excluding carboxylic acids is 2. The third-order valence-electron chi connectivity index (χ3n) is 3.75.